The van der Waals surface area contributed by atoms with E-state index >= 15 is 0 Å². The van der Waals surface area contributed by atoms with Gasteiger partial charge in [-0.2, -0.15) is 5.10 Å². The SMILES string of the molecule is COc1ccc(-n2ccc(C(=O)NC(CN3CCN(C)CC3)c3ccccc3)n2)cc1. The lowest BCUT2D eigenvalue weighted by atomic mass is 10.1. The molecule has 0 bridgehead atoms. The molecule has 2 heterocycles. The summed E-state index contributed by atoms with van der Waals surface area (Å²) < 4.78 is 6.90. The highest BCUT2D eigenvalue weighted by Gasteiger charge is 2.22. The monoisotopic (exact) mass is 419 g/mol. The third kappa shape index (κ3) is 5.31. The summed E-state index contributed by atoms with van der Waals surface area (Å²) in [6.45, 7) is 4.87. The summed E-state index contributed by atoms with van der Waals surface area (Å²) in [5.74, 6) is 0.610. The van der Waals surface area contributed by atoms with E-state index in [2.05, 4.69) is 39.4 Å². The Morgan fingerprint density at radius 2 is 1.74 bits per heavy atom. The molecule has 1 atom stereocenters. The summed E-state index contributed by atoms with van der Waals surface area (Å²) in [4.78, 5) is 17.8. The number of rotatable bonds is 7. The van der Waals surface area contributed by atoms with Crippen molar-refractivity contribution in [2.45, 2.75) is 6.04 Å². The molecule has 0 spiro atoms. The third-order valence-electron chi connectivity index (χ3n) is 5.70. The van der Waals surface area contributed by atoms with Gasteiger partial charge in [-0.3, -0.25) is 9.69 Å². The molecule has 7 nitrogen and oxygen atoms in total. The van der Waals surface area contributed by atoms with Crippen LogP contribution in [0.15, 0.2) is 66.9 Å². The van der Waals surface area contributed by atoms with Crippen LogP contribution in [0.3, 0.4) is 0 Å². The number of carbonyl (C=O) groups excluding carboxylic acids is 1. The molecule has 1 amide bonds. The van der Waals surface area contributed by atoms with E-state index in [9.17, 15) is 4.79 Å². The van der Waals surface area contributed by atoms with E-state index < -0.39 is 0 Å². The van der Waals surface area contributed by atoms with Gasteiger partial charge in [0.25, 0.3) is 5.91 Å². The number of likely N-dealkylation sites (N-methyl/N-ethyl adjacent to an activating group) is 1. The summed E-state index contributed by atoms with van der Waals surface area (Å²) >= 11 is 0. The Morgan fingerprint density at radius 3 is 2.42 bits per heavy atom. The molecule has 7 heteroatoms. The van der Waals surface area contributed by atoms with Gasteiger partial charge in [-0.25, -0.2) is 4.68 Å². The van der Waals surface area contributed by atoms with Crippen LogP contribution in [0, 0.1) is 0 Å². The summed E-state index contributed by atoms with van der Waals surface area (Å²) in [7, 11) is 3.78. The molecular formula is C24H29N5O2. The van der Waals surface area contributed by atoms with E-state index in [0.29, 0.717) is 5.69 Å². The summed E-state index contributed by atoms with van der Waals surface area (Å²) in [5.41, 5.74) is 2.37. The van der Waals surface area contributed by atoms with Crippen LogP contribution in [0.5, 0.6) is 5.75 Å². The van der Waals surface area contributed by atoms with E-state index in [1.807, 2.05) is 42.5 Å². The average molecular weight is 420 g/mol. The van der Waals surface area contributed by atoms with Crippen molar-refractivity contribution in [1.29, 1.82) is 0 Å². The largest absolute Gasteiger partial charge is 0.497 e. The molecule has 0 saturated carbocycles. The predicted octanol–water partition coefficient (Wildman–Crippen LogP) is 2.60. The minimum absolute atomic E-state index is 0.0942. The van der Waals surface area contributed by atoms with Crippen molar-refractivity contribution >= 4 is 5.91 Å². The summed E-state index contributed by atoms with van der Waals surface area (Å²) in [6, 6.07) is 19.4. The lowest BCUT2D eigenvalue weighted by molar-refractivity contribution is 0.0902. The standard InChI is InChI=1S/C24H29N5O2/c1-27-14-16-28(17-15-27)18-23(19-6-4-3-5-7-19)25-24(30)22-12-13-29(26-22)20-8-10-21(31-2)11-9-20/h3-13,23H,14-18H2,1-2H3,(H,25,30). The van der Waals surface area contributed by atoms with E-state index in [4.69, 9.17) is 4.74 Å². The van der Waals surface area contributed by atoms with Crippen LogP contribution in [0.25, 0.3) is 5.69 Å². The van der Waals surface area contributed by atoms with Gasteiger partial charge in [0.05, 0.1) is 18.8 Å². The normalized spacial score (nSPS) is 16.1. The number of piperazine rings is 1. The van der Waals surface area contributed by atoms with E-state index in [0.717, 1.165) is 49.7 Å². The number of hydrogen-bond acceptors (Lipinski definition) is 5. The number of hydrogen-bond donors (Lipinski definition) is 1. The number of carbonyl (C=O) groups is 1. The van der Waals surface area contributed by atoms with Crippen LogP contribution in [0.2, 0.25) is 0 Å². The second-order valence-corrected chi connectivity index (χ2v) is 7.88. The third-order valence-corrected chi connectivity index (χ3v) is 5.70. The smallest absolute Gasteiger partial charge is 0.272 e. The second-order valence-electron chi connectivity index (χ2n) is 7.88. The molecule has 2 aromatic carbocycles. The van der Waals surface area contributed by atoms with Crippen molar-refractivity contribution in [2.24, 2.45) is 0 Å². The van der Waals surface area contributed by atoms with Crippen LogP contribution in [-0.2, 0) is 0 Å². The van der Waals surface area contributed by atoms with Crippen LogP contribution in [-0.4, -0.2) is 72.4 Å². The van der Waals surface area contributed by atoms with Gasteiger partial charge in [0.2, 0.25) is 0 Å². The molecule has 3 aromatic rings. The molecule has 0 radical (unpaired) electrons. The number of benzene rings is 2. The van der Waals surface area contributed by atoms with Crippen molar-refractivity contribution in [3.05, 3.63) is 78.1 Å². The van der Waals surface area contributed by atoms with Crippen molar-refractivity contribution in [1.82, 2.24) is 24.9 Å². The zero-order valence-corrected chi connectivity index (χ0v) is 18.1. The van der Waals surface area contributed by atoms with Gasteiger partial charge in [-0.1, -0.05) is 30.3 Å². The molecule has 1 aromatic heterocycles. The average Bonchev–Trinajstić information content (AvgIpc) is 3.31. The first-order valence-electron chi connectivity index (χ1n) is 10.6. The molecule has 1 saturated heterocycles. The summed E-state index contributed by atoms with van der Waals surface area (Å²) in [6.07, 6.45) is 1.80. The van der Waals surface area contributed by atoms with Crippen molar-refractivity contribution < 1.29 is 9.53 Å². The predicted molar refractivity (Wildman–Crippen MR) is 121 cm³/mol. The Balaban J connectivity index is 1.47. The number of nitrogens with zero attached hydrogens (tertiary/aromatic N) is 4. The molecule has 1 unspecified atom stereocenters. The topological polar surface area (TPSA) is 62.6 Å². The zero-order chi connectivity index (χ0) is 21.6. The van der Waals surface area contributed by atoms with Crippen LogP contribution >= 0.6 is 0 Å². The van der Waals surface area contributed by atoms with Gasteiger partial charge >= 0.3 is 0 Å². The molecule has 1 aliphatic rings. The van der Waals surface area contributed by atoms with Gasteiger partial charge in [-0.15, -0.1) is 0 Å². The Kier molecular flexibility index (Phi) is 6.64. The van der Waals surface area contributed by atoms with Crippen molar-refractivity contribution in [3.8, 4) is 11.4 Å². The molecular weight excluding hydrogens is 390 g/mol. The summed E-state index contributed by atoms with van der Waals surface area (Å²) in [5, 5.41) is 7.68. The minimum Gasteiger partial charge on any atom is -0.497 e. The van der Waals surface area contributed by atoms with E-state index in [1.165, 1.54) is 0 Å². The van der Waals surface area contributed by atoms with Crippen molar-refractivity contribution in [2.75, 3.05) is 46.9 Å². The molecule has 1 fully saturated rings. The second kappa shape index (κ2) is 9.76. The maximum absolute atomic E-state index is 13.0. The number of nitrogens with one attached hydrogen (secondary N) is 1. The number of ether oxygens (including phenoxy) is 1. The van der Waals surface area contributed by atoms with Gasteiger partial charge < -0.3 is 15.0 Å². The Morgan fingerprint density at radius 1 is 1.03 bits per heavy atom. The Bertz CT molecular complexity index is 979. The van der Waals surface area contributed by atoms with Gasteiger partial charge in [-0.05, 0) is 42.9 Å². The highest BCUT2D eigenvalue weighted by molar-refractivity contribution is 5.92. The molecule has 1 N–H and O–H groups in total. The highest BCUT2D eigenvalue weighted by Crippen LogP contribution is 2.17. The number of aromatic nitrogens is 2. The van der Waals surface area contributed by atoms with E-state index in [-0.39, 0.29) is 11.9 Å². The lowest BCUT2D eigenvalue weighted by Crippen LogP contribution is -2.47. The van der Waals surface area contributed by atoms with E-state index in [1.54, 1.807) is 24.1 Å². The van der Waals surface area contributed by atoms with Gasteiger partial charge in [0.1, 0.15) is 5.75 Å². The van der Waals surface area contributed by atoms with Crippen molar-refractivity contribution in [3.63, 3.8) is 0 Å². The van der Waals surface area contributed by atoms with Crippen LogP contribution in [0.1, 0.15) is 22.1 Å². The first-order valence-corrected chi connectivity index (χ1v) is 10.6. The molecule has 162 valence electrons. The minimum atomic E-state index is -0.171. The van der Waals surface area contributed by atoms with Crippen LogP contribution in [0.4, 0.5) is 0 Å². The van der Waals surface area contributed by atoms with Crippen LogP contribution < -0.4 is 10.1 Å². The number of methoxy groups -OCH3 is 1. The molecule has 1 aliphatic heterocycles. The first kappa shape index (κ1) is 21.1. The lowest BCUT2D eigenvalue weighted by Gasteiger charge is -2.35. The van der Waals surface area contributed by atoms with Gasteiger partial charge in [0, 0.05) is 38.9 Å². The Hall–Kier alpha value is -3.16. The zero-order valence-electron chi connectivity index (χ0n) is 18.1. The van der Waals surface area contributed by atoms with Gasteiger partial charge in [0.15, 0.2) is 5.69 Å². The maximum Gasteiger partial charge on any atom is 0.272 e. The maximum atomic E-state index is 13.0. The fourth-order valence-corrected chi connectivity index (χ4v) is 3.76. The molecule has 31 heavy (non-hydrogen) atoms. The first-order chi connectivity index (χ1) is 15.1. The fraction of sp³-hybridized carbons (Fsp3) is 0.333. The molecule has 4 rings (SSSR count). The quantitative estimate of drug-likeness (QED) is 0.638. The molecule has 0 aliphatic carbocycles. The Labute approximate surface area is 183 Å². The fourth-order valence-electron chi connectivity index (χ4n) is 3.76. The highest BCUT2D eigenvalue weighted by atomic mass is 16.5. The number of amides is 1.